The van der Waals surface area contributed by atoms with Crippen LogP contribution in [0.5, 0.6) is 5.75 Å². The Labute approximate surface area is 145 Å². The molecule has 3 rings (SSSR count). The van der Waals surface area contributed by atoms with Gasteiger partial charge in [-0.05, 0) is 38.1 Å². The second-order valence-corrected chi connectivity index (χ2v) is 6.00. The number of aromatic amines is 2. The van der Waals surface area contributed by atoms with Gasteiger partial charge >= 0.3 is 0 Å². The van der Waals surface area contributed by atoms with Gasteiger partial charge in [0.2, 0.25) is 0 Å². The average molecular weight is 339 g/mol. The van der Waals surface area contributed by atoms with Crippen molar-refractivity contribution in [1.29, 1.82) is 0 Å². The Bertz CT molecular complexity index is 825. The van der Waals surface area contributed by atoms with Gasteiger partial charge in [0.15, 0.2) is 0 Å². The second kappa shape index (κ2) is 7.65. The number of amides is 1. The van der Waals surface area contributed by atoms with Gasteiger partial charge in [0, 0.05) is 18.2 Å². The zero-order valence-corrected chi connectivity index (χ0v) is 14.2. The van der Waals surface area contributed by atoms with Crippen molar-refractivity contribution in [2.45, 2.75) is 32.9 Å². The summed E-state index contributed by atoms with van der Waals surface area (Å²) < 4.78 is 5.63. The van der Waals surface area contributed by atoms with Crippen molar-refractivity contribution in [3.05, 3.63) is 65.2 Å². The van der Waals surface area contributed by atoms with E-state index >= 15 is 0 Å². The quantitative estimate of drug-likeness (QED) is 0.616. The largest absolute Gasteiger partial charge is 0.487 e. The van der Waals surface area contributed by atoms with Gasteiger partial charge in [-0.15, -0.1) is 0 Å². The van der Waals surface area contributed by atoms with E-state index in [9.17, 15) is 4.79 Å². The molecule has 0 aliphatic heterocycles. The van der Waals surface area contributed by atoms with Gasteiger partial charge in [-0.25, -0.2) is 0 Å². The lowest BCUT2D eigenvalue weighted by Crippen LogP contribution is -2.34. The van der Waals surface area contributed by atoms with Gasteiger partial charge in [-0.3, -0.25) is 15.0 Å². The Morgan fingerprint density at radius 3 is 2.72 bits per heavy atom. The van der Waals surface area contributed by atoms with Crippen LogP contribution in [0.2, 0.25) is 0 Å². The molecule has 7 heteroatoms. The molecule has 0 saturated carbocycles. The molecular weight excluding hydrogens is 318 g/mol. The van der Waals surface area contributed by atoms with Gasteiger partial charge < -0.3 is 10.1 Å². The number of H-pyrrole nitrogens is 2. The lowest BCUT2D eigenvalue weighted by molar-refractivity contribution is 0.0935. The van der Waals surface area contributed by atoms with Crippen molar-refractivity contribution in [3.8, 4) is 5.75 Å². The molecule has 0 aliphatic carbocycles. The van der Waals surface area contributed by atoms with E-state index in [2.05, 4.69) is 25.7 Å². The lowest BCUT2D eigenvalue weighted by atomic mass is 10.1. The first kappa shape index (κ1) is 16.8. The fourth-order valence-corrected chi connectivity index (χ4v) is 2.47. The number of ether oxygens (including phenoxy) is 1. The van der Waals surface area contributed by atoms with Crippen LogP contribution in [0.4, 0.5) is 0 Å². The predicted octanol–water partition coefficient (Wildman–Crippen LogP) is 2.38. The number of carbonyl (C=O) groups excluding carboxylic acids is 1. The molecule has 0 unspecified atom stereocenters. The van der Waals surface area contributed by atoms with Crippen LogP contribution in [0, 0.1) is 6.92 Å². The Morgan fingerprint density at radius 2 is 2.00 bits per heavy atom. The van der Waals surface area contributed by atoms with Crippen LogP contribution in [-0.2, 0) is 13.0 Å². The number of aryl methyl sites for hydroxylation is 1. The third-order valence-corrected chi connectivity index (χ3v) is 3.65. The maximum Gasteiger partial charge on any atom is 0.271 e. The van der Waals surface area contributed by atoms with Crippen LogP contribution < -0.4 is 10.1 Å². The predicted molar refractivity (Wildman–Crippen MR) is 93.3 cm³/mol. The lowest BCUT2D eigenvalue weighted by Gasteiger charge is -2.11. The van der Waals surface area contributed by atoms with Crippen molar-refractivity contribution in [1.82, 2.24) is 25.7 Å². The summed E-state index contributed by atoms with van der Waals surface area (Å²) in [4.78, 5) is 12.3. The van der Waals surface area contributed by atoms with Crippen molar-refractivity contribution in [2.24, 2.45) is 0 Å². The summed E-state index contributed by atoms with van der Waals surface area (Å²) in [5.41, 5.74) is 3.01. The number of benzene rings is 1. The van der Waals surface area contributed by atoms with Crippen LogP contribution in [-0.4, -0.2) is 32.3 Å². The summed E-state index contributed by atoms with van der Waals surface area (Å²) in [5.74, 6) is 0.549. The third-order valence-electron chi connectivity index (χ3n) is 3.65. The number of nitrogens with zero attached hydrogens (tertiary/aromatic N) is 2. The van der Waals surface area contributed by atoms with Crippen LogP contribution in [0.25, 0.3) is 0 Å². The molecule has 0 saturated heterocycles. The van der Waals surface area contributed by atoms with E-state index in [4.69, 9.17) is 4.74 Å². The highest BCUT2D eigenvalue weighted by atomic mass is 16.5. The fourth-order valence-electron chi connectivity index (χ4n) is 2.47. The van der Waals surface area contributed by atoms with E-state index in [0.717, 1.165) is 22.8 Å². The molecule has 130 valence electrons. The van der Waals surface area contributed by atoms with Gasteiger partial charge in [0.1, 0.15) is 18.1 Å². The number of rotatable bonds is 7. The summed E-state index contributed by atoms with van der Waals surface area (Å²) >= 11 is 0. The summed E-state index contributed by atoms with van der Waals surface area (Å²) in [7, 11) is 0. The fraction of sp³-hybridized carbons (Fsp3) is 0.278. The van der Waals surface area contributed by atoms with Gasteiger partial charge in [-0.2, -0.15) is 10.2 Å². The van der Waals surface area contributed by atoms with Crippen molar-refractivity contribution >= 4 is 5.91 Å². The van der Waals surface area contributed by atoms with Gasteiger partial charge in [-0.1, -0.05) is 18.2 Å². The van der Waals surface area contributed by atoms with Gasteiger partial charge in [0.05, 0.1) is 11.4 Å². The highest BCUT2D eigenvalue weighted by molar-refractivity contribution is 5.92. The van der Waals surface area contributed by atoms with Crippen LogP contribution in [0.3, 0.4) is 0 Å². The molecular formula is C18H21N5O2. The van der Waals surface area contributed by atoms with E-state index in [1.54, 1.807) is 6.07 Å². The van der Waals surface area contributed by atoms with E-state index in [-0.39, 0.29) is 11.9 Å². The second-order valence-electron chi connectivity index (χ2n) is 6.00. The molecule has 25 heavy (non-hydrogen) atoms. The molecule has 3 N–H and O–H groups in total. The number of para-hydroxylation sites is 1. The maximum absolute atomic E-state index is 12.3. The van der Waals surface area contributed by atoms with Crippen LogP contribution in [0.1, 0.15) is 34.5 Å². The molecule has 0 bridgehead atoms. The molecule has 1 amide bonds. The molecule has 1 atom stereocenters. The van der Waals surface area contributed by atoms with Crippen molar-refractivity contribution < 1.29 is 9.53 Å². The minimum absolute atomic E-state index is 0.0454. The first-order valence-corrected chi connectivity index (χ1v) is 8.14. The topological polar surface area (TPSA) is 95.7 Å². The summed E-state index contributed by atoms with van der Waals surface area (Å²) in [6.45, 7) is 4.21. The highest BCUT2D eigenvalue weighted by Crippen LogP contribution is 2.11. The molecule has 1 aromatic carbocycles. The Balaban J connectivity index is 1.51. The third kappa shape index (κ3) is 4.69. The zero-order chi connectivity index (χ0) is 17.6. The van der Waals surface area contributed by atoms with Gasteiger partial charge in [0.25, 0.3) is 5.91 Å². The Hall–Kier alpha value is -3.09. The summed E-state index contributed by atoms with van der Waals surface area (Å²) in [5, 5.41) is 16.9. The normalized spacial score (nSPS) is 11.9. The summed E-state index contributed by atoms with van der Waals surface area (Å²) in [6, 6.07) is 13.1. The number of nitrogens with one attached hydrogen (secondary N) is 3. The standard InChI is InChI=1S/C18H21N5O2/c1-12(8-14-9-13(2)20-21-14)19-18(24)17-10-15(22-23-17)11-25-16-6-4-3-5-7-16/h3-7,9-10,12H,8,11H2,1-2H3,(H,19,24)(H,20,21)(H,22,23)/t12-/m0/s1. The Morgan fingerprint density at radius 1 is 1.20 bits per heavy atom. The number of hydrogen-bond acceptors (Lipinski definition) is 4. The van der Waals surface area contributed by atoms with E-state index < -0.39 is 0 Å². The maximum atomic E-state index is 12.3. The van der Waals surface area contributed by atoms with E-state index in [1.807, 2.05) is 50.2 Å². The SMILES string of the molecule is Cc1cc(C[C@H](C)NC(=O)c2cc(COc3ccccc3)[nH]n2)n[nH]1. The van der Waals surface area contributed by atoms with Crippen molar-refractivity contribution in [3.63, 3.8) is 0 Å². The molecule has 2 heterocycles. The highest BCUT2D eigenvalue weighted by Gasteiger charge is 2.14. The molecule has 0 fully saturated rings. The number of carbonyl (C=O) groups is 1. The first-order valence-electron chi connectivity index (χ1n) is 8.14. The van der Waals surface area contributed by atoms with E-state index in [1.165, 1.54) is 0 Å². The summed E-state index contributed by atoms with van der Waals surface area (Å²) in [6.07, 6.45) is 0.657. The molecule has 2 aromatic heterocycles. The molecule has 0 aliphatic rings. The monoisotopic (exact) mass is 339 g/mol. The smallest absolute Gasteiger partial charge is 0.271 e. The van der Waals surface area contributed by atoms with E-state index in [0.29, 0.717) is 18.7 Å². The van der Waals surface area contributed by atoms with Crippen molar-refractivity contribution in [2.75, 3.05) is 0 Å². The van der Waals surface area contributed by atoms with Crippen LogP contribution in [0.15, 0.2) is 42.5 Å². The Kier molecular flexibility index (Phi) is 5.13. The van der Waals surface area contributed by atoms with Crippen LogP contribution >= 0.6 is 0 Å². The number of aromatic nitrogens is 4. The average Bonchev–Trinajstić information content (AvgIpc) is 3.23. The zero-order valence-electron chi connectivity index (χ0n) is 14.2. The molecule has 0 radical (unpaired) electrons. The molecule has 0 spiro atoms. The first-order chi connectivity index (χ1) is 12.1. The molecule has 7 nitrogen and oxygen atoms in total. The molecule has 3 aromatic rings. The minimum Gasteiger partial charge on any atom is -0.487 e. The minimum atomic E-state index is -0.220. The number of hydrogen-bond donors (Lipinski definition) is 3.